The lowest BCUT2D eigenvalue weighted by Gasteiger charge is -2.40. The second-order valence-electron chi connectivity index (χ2n) is 9.71. The fourth-order valence-corrected chi connectivity index (χ4v) is 5.23. The first-order chi connectivity index (χ1) is 16.8. The van der Waals surface area contributed by atoms with Crippen molar-refractivity contribution in [1.29, 1.82) is 0 Å². The van der Waals surface area contributed by atoms with Crippen molar-refractivity contribution in [3.8, 4) is 11.5 Å². The zero-order chi connectivity index (χ0) is 24.7. The molecule has 0 amide bonds. The van der Waals surface area contributed by atoms with Crippen LogP contribution in [0.25, 0.3) is 0 Å². The molecule has 0 aromatic heterocycles. The van der Waals surface area contributed by atoms with Crippen molar-refractivity contribution in [2.75, 3.05) is 13.4 Å². The van der Waals surface area contributed by atoms with E-state index in [1.807, 2.05) is 56.3 Å². The van der Waals surface area contributed by atoms with Crippen LogP contribution in [0.15, 0.2) is 66.0 Å². The number of ether oxygens (including phenoxy) is 3. The molecule has 0 saturated heterocycles. The summed E-state index contributed by atoms with van der Waals surface area (Å²) in [6, 6.07) is 13.2. The molecule has 3 aliphatic rings. The molecule has 0 radical (unpaired) electrons. The third-order valence-electron chi connectivity index (χ3n) is 6.75. The molecule has 7 heteroatoms. The predicted octanol–water partition coefficient (Wildman–Crippen LogP) is 5.49. The summed E-state index contributed by atoms with van der Waals surface area (Å²) in [5.41, 5.74) is 3.81. The zero-order valence-corrected chi connectivity index (χ0v) is 20.6. The third-order valence-corrected chi connectivity index (χ3v) is 7.00. The number of nitrogens with one attached hydrogen (secondary N) is 1. The van der Waals surface area contributed by atoms with Gasteiger partial charge in [0.05, 0.1) is 6.61 Å². The van der Waals surface area contributed by atoms with E-state index >= 15 is 0 Å². The molecular formula is C28H28ClNO5. The smallest absolute Gasteiger partial charge is 0.315 e. The lowest BCUT2D eigenvalue weighted by molar-refractivity contribution is -0.149. The van der Waals surface area contributed by atoms with E-state index in [4.69, 9.17) is 25.8 Å². The van der Waals surface area contributed by atoms with Crippen LogP contribution in [-0.2, 0) is 14.3 Å². The van der Waals surface area contributed by atoms with Crippen molar-refractivity contribution in [2.24, 2.45) is 11.8 Å². The Morgan fingerprint density at radius 2 is 1.83 bits per heavy atom. The van der Waals surface area contributed by atoms with Gasteiger partial charge in [-0.2, -0.15) is 0 Å². The molecular weight excluding hydrogens is 466 g/mol. The van der Waals surface area contributed by atoms with Gasteiger partial charge in [0.2, 0.25) is 6.79 Å². The molecule has 1 N–H and O–H groups in total. The zero-order valence-electron chi connectivity index (χ0n) is 19.8. The molecule has 2 aromatic carbocycles. The minimum atomic E-state index is -0.732. The third kappa shape index (κ3) is 4.55. The maximum atomic E-state index is 13.7. The van der Waals surface area contributed by atoms with E-state index < -0.39 is 17.8 Å². The number of allylic oxidation sites excluding steroid dienone is 2. The van der Waals surface area contributed by atoms with E-state index in [0.29, 0.717) is 47.2 Å². The Balaban J connectivity index is 1.56. The number of ketones is 1. The summed E-state index contributed by atoms with van der Waals surface area (Å²) in [5.74, 6) is -0.179. The molecule has 5 rings (SSSR count). The number of carbonyl (C=O) groups is 2. The summed E-state index contributed by atoms with van der Waals surface area (Å²) < 4.78 is 16.7. The van der Waals surface area contributed by atoms with E-state index in [9.17, 15) is 9.59 Å². The van der Waals surface area contributed by atoms with Gasteiger partial charge in [-0.15, -0.1) is 0 Å². The largest absolute Gasteiger partial charge is 0.465 e. The standard InChI is InChI=1S/C28H28ClNO5/c1-15(2)13-33-28(32)25-16(3)30-21-10-19(17-4-7-20(29)8-5-17)11-22(31)27(21)26(25)18-6-9-23-24(12-18)35-14-34-23/h4-9,12,15,19,25-26,30H,3,10-11,13-14H2,1-2H3. The van der Waals surface area contributed by atoms with Gasteiger partial charge < -0.3 is 19.5 Å². The average Bonchev–Trinajstić information content (AvgIpc) is 3.30. The van der Waals surface area contributed by atoms with Gasteiger partial charge in [-0.05, 0) is 53.6 Å². The van der Waals surface area contributed by atoms with E-state index in [1.54, 1.807) is 0 Å². The van der Waals surface area contributed by atoms with Gasteiger partial charge in [0.25, 0.3) is 0 Å². The number of hydrogen-bond donors (Lipinski definition) is 1. The number of rotatable bonds is 5. The Bertz CT molecular complexity index is 1220. The summed E-state index contributed by atoms with van der Waals surface area (Å²) >= 11 is 6.06. The highest BCUT2D eigenvalue weighted by molar-refractivity contribution is 6.30. The fourth-order valence-electron chi connectivity index (χ4n) is 5.10. The Morgan fingerprint density at radius 3 is 2.57 bits per heavy atom. The molecule has 3 unspecified atom stereocenters. The molecule has 0 spiro atoms. The topological polar surface area (TPSA) is 73.9 Å². The first-order valence-electron chi connectivity index (χ1n) is 11.9. The van der Waals surface area contributed by atoms with Crippen LogP contribution in [0, 0.1) is 11.8 Å². The number of fused-ring (bicyclic) bond motifs is 1. The van der Waals surface area contributed by atoms with E-state index in [2.05, 4.69) is 11.9 Å². The monoisotopic (exact) mass is 493 g/mol. The molecule has 182 valence electrons. The van der Waals surface area contributed by atoms with Crippen LogP contribution in [0.3, 0.4) is 0 Å². The van der Waals surface area contributed by atoms with Crippen LogP contribution in [0.5, 0.6) is 11.5 Å². The highest BCUT2D eigenvalue weighted by Crippen LogP contribution is 2.48. The molecule has 0 saturated carbocycles. The second kappa shape index (κ2) is 9.42. The quantitative estimate of drug-likeness (QED) is 0.555. The van der Waals surface area contributed by atoms with Crippen molar-refractivity contribution in [3.05, 3.63) is 82.2 Å². The number of hydrogen-bond acceptors (Lipinski definition) is 6. The summed E-state index contributed by atoms with van der Waals surface area (Å²) in [5, 5.41) is 3.97. The van der Waals surface area contributed by atoms with Crippen molar-refractivity contribution >= 4 is 23.4 Å². The van der Waals surface area contributed by atoms with Crippen molar-refractivity contribution in [1.82, 2.24) is 5.32 Å². The molecule has 2 heterocycles. The minimum Gasteiger partial charge on any atom is -0.465 e. The summed E-state index contributed by atoms with van der Waals surface area (Å²) in [4.78, 5) is 27.0. The van der Waals surface area contributed by atoms with Gasteiger partial charge in [-0.25, -0.2) is 0 Å². The van der Waals surface area contributed by atoms with Gasteiger partial charge in [0, 0.05) is 34.3 Å². The number of esters is 1. The fraction of sp³-hybridized carbons (Fsp3) is 0.357. The number of Topliss-reactive ketones (excluding diaryl/α,β-unsaturated/α-hetero) is 1. The van der Waals surface area contributed by atoms with E-state index in [0.717, 1.165) is 16.8 Å². The van der Waals surface area contributed by atoms with Gasteiger partial charge in [-0.3, -0.25) is 9.59 Å². The van der Waals surface area contributed by atoms with Crippen LogP contribution >= 0.6 is 11.6 Å². The Morgan fingerprint density at radius 1 is 1.11 bits per heavy atom. The van der Waals surface area contributed by atoms with Gasteiger partial charge in [0.15, 0.2) is 17.3 Å². The minimum absolute atomic E-state index is 0.00975. The van der Waals surface area contributed by atoms with E-state index in [-0.39, 0.29) is 24.4 Å². The molecule has 35 heavy (non-hydrogen) atoms. The van der Waals surface area contributed by atoms with Crippen LogP contribution < -0.4 is 14.8 Å². The van der Waals surface area contributed by atoms with Crippen LogP contribution in [0.4, 0.5) is 0 Å². The van der Waals surface area contributed by atoms with Crippen LogP contribution in [-0.4, -0.2) is 25.2 Å². The molecule has 6 nitrogen and oxygen atoms in total. The summed E-state index contributed by atoms with van der Waals surface area (Å²) in [7, 11) is 0. The van der Waals surface area contributed by atoms with Gasteiger partial charge in [0.1, 0.15) is 5.92 Å². The highest BCUT2D eigenvalue weighted by atomic mass is 35.5. The summed E-state index contributed by atoms with van der Waals surface area (Å²) in [6.45, 7) is 8.60. The molecule has 2 aromatic rings. The number of benzene rings is 2. The summed E-state index contributed by atoms with van der Waals surface area (Å²) in [6.07, 6.45) is 0.986. The highest BCUT2D eigenvalue weighted by Gasteiger charge is 2.45. The predicted molar refractivity (Wildman–Crippen MR) is 132 cm³/mol. The van der Waals surface area contributed by atoms with Crippen LogP contribution in [0.1, 0.15) is 49.7 Å². The normalized spacial score (nSPS) is 23.3. The van der Waals surface area contributed by atoms with Crippen LogP contribution in [0.2, 0.25) is 5.02 Å². The maximum absolute atomic E-state index is 13.7. The van der Waals surface area contributed by atoms with Crippen molar-refractivity contribution in [3.63, 3.8) is 0 Å². The van der Waals surface area contributed by atoms with Gasteiger partial charge in [-0.1, -0.05) is 50.2 Å². The Hall–Kier alpha value is -3.25. The first-order valence-corrected chi connectivity index (χ1v) is 12.2. The molecule has 1 aliphatic carbocycles. The number of halogens is 1. The Labute approximate surface area is 209 Å². The molecule has 2 aliphatic heterocycles. The maximum Gasteiger partial charge on any atom is 0.315 e. The molecule has 0 fully saturated rings. The van der Waals surface area contributed by atoms with Gasteiger partial charge >= 0.3 is 5.97 Å². The number of carbonyl (C=O) groups excluding carboxylic acids is 2. The first kappa shape index (κ1) is 23.5. The van der Waals surface area contributed by atoms with Crippen molar-refractivity contribution in [2.45, 2.75) is 38.5 Å². The SMILES string of the molecule is C=C1NC2=C(C(=O)CC(c3ccc(Cl)cc3)C2)C(c2ccc3c(c2)OCO3)C1C(=O)OCC(C)C. The molecule has 0 bridgehead atoms. The lowest BCUT2D eigenvalue weighted by atomic mass is 9.69. The lowest BCUT2D eigenvalue weighted by Crippen LogP contribution is -2.42. The second-order valence-corrected chi connectivity index (χ2v) is 10.2. The van der Waals surface area contributed by atoms with E-state index in [1.165, 1.54) is 0 Å². The average molecular weight is 494 g/mol. The molecule has 3 atom stereocenters. The Kier molecular flexibility index (Phi) is 6.32. The van der Waals surface area contributed by atoms with Crippen molar-refractivity contribution < 1.29 is 23.8 Å².